The molecule has 5 rings (SSSR count). The predicted octanol–water partition coefficient (Wildman–Crippen LogP) is 5.68. The Morgan fingerprint density at radius 3 is 2.44 bits per heavy atom. The van der Waals surface area contributed by atoms with Crippen LogP contribution in [0, 0.1) is 5.92 Å². The number of aryl methyl sites for hydroxylation is 3. The first-order valence-corrected chi connectivity index (χ1v) is 13.8. The molecule has 1 amide bonds. The number of fused-ring (bicyclic) bond motifs is 3. The fourth-order valence-corrected chi connectivity index (χ4v) is 6.50. The molecule has 180 valence electrons. The number of carbonyl (C=O) groups excluding carboxylic acids is 1. The summed E-state index contributed by atoms with van der Waals surface area (Å²) < 4.78 is 0. The van der Waals surface area contributed by atoms with Crippen molar-refractivity contribution in [3.63, 3.8) is 0 Å². The fraction of sp³-hybridized carbons (Fsp3) is 0.536. The van der Waals surface area contributed by atoms with Gasteiger partial charge in [-0.2, -0.15) is 0 Å². The van der Waals surface area contributed by atoms with Gasteiger partial charge in [0.2, 0.25) is 0 Å². The second kappa shape index (κ2) is 10.0. The van der Waals surface area contributed by atoms with Crippen LogP contribution >= 0.6 is 11.3 Å². The molecule has 0 unspecified atom stereocenters. The molecule has 0 radical (unpaired) electrons. The molecule has 6 heteroatoms. The lowest BCUT2D eigenvalue weighted by Crippen LogP contribution is -2.49. The summed E-state index contributed by atoms with van der Waals surface area (Å²) in [6.45, 7) is 9.69. The van der Waals surface area contributed by atoms with Gasteiger partial charge in [-0.3, -0.25) is 4.79 Å². The zero-order chi connectivity index (χ0) is 23.7. The lowest BCUT2D eigenvalue weighted by Gasteiger charge is -2.36. The van der Waals surface area contributed by atoms with Crippen LogP contribution in [0.4, 0.5) is 5.82 Å². The summed E-state index contributed by atoms with van der Waals surface area (Å²) in [6, 6.07) is 8.08. The zero-order valence-electron chi connectivity index (χ0n) is 20.8. The summed E-state index contributed by atoms with van der Waals surface area (Å²) in [4.78, 5) is 30.4. The Hall–Kier alpha value is -2.47. The average Bonchev–Trinajstić information content (AvgIpc) is 3.03. The Bertz CT molecular complexity index is 1160. The molecule has 34 heavy (non-hydrogen) atoms. The van der Waals surface area contributed by atoms with Gasteiger partial charge in [-0.25, -0.2) is 9.97 Å². The molecule has 1 aliphatic heterocycles. The Balaban J connectivity index is 1.41. The SMILES string of the molecule is CCc1ccc(C(=O)N2CCN(c3nc(CC(C)C)nc4sc5c(c34)CCCCC5)CC2)cc1. The highest BCUT2D eigenvalue weighted by Gasteiger charge is 2.27. The van der Waals surface area contributed by atoms with Crippen molar-refractivity contribution < 1.29 is 4.79 Å². The van der Waals surface area contributed by atoms with E-state index in [4.69, 9.17) is 9.97 Å². The van der Waals surface area contributed by atoms with E-state index >= 15 is 0 Å². The van der Waals surface area contributed by atoms with E-state index in [9.17, 15) is 4.79 Å². The number of thiophene rings is 1. The number of rotatable bonds is 5. The van der Waals surface area contributed by atoms with E-state index in [0.29, 0.717) is 5.92 Å². The number of amides is 1. The highest BCUT2D eigenvalue weighted by atomic mass is 32.1. The number of piperazine rings is 1. The van der Waals surface area contributed by atoms with E-state index in [2.05, 4.69) is 37.8 Å². The number of benzene rings is 1. The molecule has 0 spiro atoms. The maximum atomic E-state index is 13.1. The van der Waals surface area contributed by atoms with Crippen LogP contribution in [0.1, 0.15) is 72.2 Å². The van der Waals surface area contributed by atoms with Crippen LogP contribution in [0.25, 0.3) is 10.2 Å². The number of carbonyl (C=O) groups is 1. The van der Waals surface area contributed by atoms with Gasteiger partial charge in [0, 0.05) is 43.0 Å². The van der Waals surface area contributed by atoms with Gasteiger partial charge in [0.25, 0.3) is 5.91 Å². The van der Waals surface area contributed by atoms with Gasteiger partial charge in [-0.05, 0) is 61.3 Å². The van der Waals surface area contributed by atoms with Crippen LogP contribution in [-0.2, 0) is 25.7 Å². The molecular weight excluding hydrogens is 440 g/mol. The third-order valence-corrected chi connectivity index (χ3v) is 8.34. The average molecular weight is 477 g/mol. The van der Waals surface area contributed by atoms with Crippen LogP contribution in [0.5, 0.6) is 0 Å². The molecule has 1 aliphatic carbocycles. The number of hydrogen-bond donors (Lipinski definition) is 0. The van der Waals surface area contributed by atoms with Crippen molar-refractivity contribution >= 4 is 33.3 Å². The van der Waals surface area contributed by atoms with Crippen molar-refractivity contribution in [3.8, 4) is 0 Å². The highest BCUT2D eigenvalue weighted by Crippen LogP contribution is 2.39. The van der Waals surface area contributed by atoms with Crippen molar-refractivity contribution in [3.05, 3.63) is 51.7 Å². The molecule has 5 nitrogen and oxygen atoms in total. The van der Waals surface area contributed by atoms with Crippen LogP contribution in [0.3, 0.4) is 0 Å². The Morgan fingerprint density at radius 2 is 1.74 bits per heavy atom. The quantitative estimate of drug-likeness (QED) is 0.444. The molecule has 2 aromatic heterocycles. The standard InChI is InChI=1S/C28H36N4OS/c1-4-20-10-12-21(13-11-20)28(33)32-16-14-31(15-17-32)26-25-22-8-6-5-7-9-23(22)34-27(25)30-24(29-26)18-19(2)3/h10-13,19H,4-9,14-18H2,1-3H3. The van der Waals surface area contributed by atoms with Crippen molar-refractivity contribution in [2.75, 3.05) is 31.1 Å². The first kappa shape index (κ1) is 23.3. The summed E-state index contributed by atoms with van der Waals surface area (Å²) >= 11 is 1.90. The van der Waals surface area contributed by atoms with Gasteiger partial charge >= 0.3 is 0 Å². The molecule has 1 aromatic carbocycles. The maximum Gasteiger partial charge on any atom is 0.253 e. The molecule has 3 aromatic rings. The lowest BCUT2D eigenvalue weighted by atomic mass is 10.1. The third-order valence-electron chi connectivity index (χ3n) is 7.16. The molecule has 3 heterocycles. The van der Waals surface area contributed by atoms with Crippen molar-refractivity contribution in [2.24, 2.45) is 5.92 Å². The Kier molecular flexibility index (Phi) is 6.87. The second-order valence-corrected chi connectivity index (χ2v) is 11.2. The van der Waals surface area contributed by atoms with Crippen LogP contribution in [-0.4, -0.2) is 47.0 Å². The molecule has 1 fully saturated rings. The lowest BCUT2D eigenvalue weighted by molar-refractivity contribution is 0.0746. The molecular formula is C28H36N4OS. The topological polar surface area (TPSA) is 49.3 Å². The van der Waals surface area contributed by atoms with Gasteiger partial charge in [0.1, 0.15) is 16.5 Å². The summed E-state index contributed by atoms with van der Waals surface area (Å²) in [6.07, 6.45) is 8.05. The van der Waals surface area contributed by atoms with Crippen molar-refractivity contribution in [2.45, 2.75) is 65.7 Å². The highest BCUT2D eigenvalue weighted by molar-refractivity contribution is 7.19. The maximum absolute atomic E-state index is 13.1. The monoisotopic (exact) mass is 476 g/mol. The Morgan fingerprint density at radius 1 is 1.00 bits per heavy atom. The Labute approximate surface area is 207 Å². The van der Waals surface area contributed by atoms with Gasteiger partial charge in [-0.1, -0.05) is 39.3 Å². The number of hydrogen-bond acceptors (Lipinski definition) is 5. The second-order valence-electron chi connectivity index (χ2n) is 10.1. The van der Waals surface area contributed by atoms with E-state index < -0.39 is 0 Å². The van der Waals surface area contributed by atoms with Gasteiger partial charge < -0.3 is 9.80 Å². The summed E-state index contributed by atoms with van der Waals surface area (Å²) in [5.41, 5.74) is 3.55. The normalized spacial score (nSPS) is 16.7. The molecule has 0 atom stereocenters. The largest absolute Gasteiger partial charge is 0.352 e. The van der Waals surface area contributed by atoms with E-state index in [-0.39, 0.29) is 5.91 Å². The molecule has 2 aliphatic rings. The van der Waals surface area contributed by atoms with E-state index in [1.807, 2.05) is 28.4 Å². The summed E-state index contributed by atoms with van der Waals surface area (Å²) in [5.74, 6) is 2.74. The van der Waals surface area contributed by atoms with Crippen molar-refractivity contribution in [1.29, 1.82) is 0 Å². The smallest absolute Gasteiger partial charge is 0.253 e. The van der Waals surface area contributed by atoms with E-state index in [1.54, 1.807) is 0 Å². The number of nitrogens with zero attached hydrogens (tertiary/aromatic N) is 4. The molecule has 0 bridgehead atoms. The molecule has 1 saturated heterocycles. The van der Waals surface area contributed by atoms with Gasteiger partial charge in [-0.15, -0.1) is 11.3 Å². The zero-order valence-corrected chi connectivity index (χ0v) is 21.6. The first-order valence-electron chi connectivity index (χ1n) is 13.0. The number of aromatic nitrogens is 2. The summed E-state index contributed by atoms with van der Waals surface area (Å²) in [7, 11) is 0. The van der Waals surface area contributed by atoms with Gasteiger partial charge in [0.05, 0.1) is 5.39 Å². The number of anilines is 1. The minimum absolute atomic E-state index is 0.139. The van der Waals surface area contributed by atoms with Crippen molar-refractivity contribution in [1.82, 2.24) is 14.9 Å². The minimum atomic E-state index is 0.139. The van der Waals surface area contributed by atoms with Crippen LogP contribution in [0.2, 0.25) is 0 Å². The predicted molar refractivity (Wildman–Crippen MR) is 141 cm³/mol. The fourth-order valence-electron chi connectivity index (χ4n) is 5.23. The van der Waals surface area contributed by atoms with Crippen LogP contribution in [0.15, 0.2) is 24.3 Å². The van der Waals surface area contributed by atoms with E-state index in [0.717, 1.165) is 62.6 Å². The molecule has 0 saturated carbocycles. The van der Waals surface area contributed by atoms with Gasteiger partial charge in [0.15, 0.2) is 0 Å². The minimum Gasteiger partial charge on any atom is -0.352 e. The summed E-state index contributed by atoms with van der Waals surface area (Å²) in [5, 5.41) is 1.30. The molecule has 0 N–H and O–H groups in total. The van der Waals surface area contributed by atoms with Crippen LogP contribution < -0.4 is 4.90 Å². The third kappa shape index (κ3) is 4.70. The first-order chi connectivity index (χ1) is 16.5. The van der Waals surface area contributed by atoms with E-state index in [1.165, 1.54) is 51.9 Å².